The Hall–Kier alpha value is 0.270. The van der Waals surface area contributed by atoms with E-state index in [1.165, 1.54) is 31.8 Å². The summed E-state index contributed by atoms with van der Waals surface area (Å²) >= 11 is 1.94. The second-order valence-electron chi connectivity index (χ2n) is 4.10. The number of hydrogen-bond donors (Lipinski definition) is 1. The lowest BCUT2D eigenvalue weighted by Crippen LogP contribution is -2.44. The van der Waals surface area contributed by atoms with Crippen LogP contribution in [0, 0.1) is 5.92 Å². The standard InChI is InChI=1S/C10H22N2S/c1-9(8-13-3)12(2)5-4-10-6-11-7-10/h9-11H,4-8H2,1-3H3. The van der Waals surface area contributed by atoms with Gasteiger partial charge in [0, 0.05) is 11.8 Å². The summed E-state index contributed by atoms with van der Waals surface area (Å²) in [5, 5.41) is 3.32. The number of rotatable bonds is 6. The first-order chi connectivity index (χ1) is 6.24. The van der Waals surface area contributed by atoms with Gasteiger partial charge in [-0.2, -0.15) is 11.8 Å². The Morgan fingerprint density at radius 1 is 1.54 bits per heavy atom. The second kappa shape index (κ2) is 5.89. The molecule has 0 aromatic carbocycles. The molecule has 1 unspecified atom stereocenters. The van der Waals surface area contributed by atoms with Crippen LogP contribution in [0.1, 0.15) is 13.3 Å². The lowest BCUT2D eigenvalue weighted by molar-refractivity contribution is 0.228. The highest BCUT2D eigenvalue weighted by atomic mass is 32.2. The highest BCUT2D eigenvalue weighted by molar-refractivity contribution is 7.98. The zero-order chi connectivity index (χ0) is 9.68. The molecule has 3 heteroatoms. The highest BCUT2D eigenvalue weighted by Gasteiger charge is 2.17. The van der Waals surface area contributed by atoms with Crippen molar-refractivity contribution >= 4 is 11.8 Å². The van der Waals surface area contributed by atoms with Gasteiger partial charge in [0.2, 0.25) is 0 Å². The quantitative estimate of drug-likeness (QED) is 0.698. The molecule has 78 valence electrons. The zero-order valence-corrected chi connectivity index (χ0v) is 9.86. The topological polar surface area (TPSA) is 15.3 Å². The van der Waals surface area contributed by atoms with E-state index in [4.69, 9.17) is 0 Å². The Morgan fingerprint density at radius 2 is 2.23 bits per heavy atom. The molecule has 1 atom stereocenters. The van der Waals surface area contributed by atoms with Crippen molar-refractivity contribution < 1.29 is 0 Å². The maximum atomic E-state index is 3.32. The molecule has 13 heavy (non-hydrogen) atoms. The average molecular weight is 202 g/mol. The van der Waals surface area contributed by atoms with E-state index in [2.05, 4.69) is 30.4 Å². The summed E-state index contributed by atoms with van der Waals surface area (Å²) in [4.78, 5) is 2.48. The molecule has 0 aromatic rings. The monoisotopic (exact) mass is 202 g/mol. The van der Waals surface area contributed by atoms with Gasteiger partial charge in [-0.05, 0) is 52.2 Å². The zero-order valence-electron chi connectivity index (χ0n) is 9.05. The lowest BCUT2D eigenvalue weighted by atomic mass is 9.99. The van der Waals surface area contributed by atoms with E-state index in [9.17, 15) is 0 Å². The first-order valence-electron chi connectivity index (χ1n) is 5.14. The number of hydrogen-bond acceptors (Lipinski definition) is 3. The van der Waals surface area contributed by atoms with Gasteiger partial charge >= 0.3 is 0 Å². The highest BCUT2D eigenvalue weighted by Crippen LogP contribution is 2.11. The van der Waals surface area contributed by atoms with E-state index in [-0.39, 0.29) is 0 Å². The molecule has 1 aliphatic rings. The van der Waals surface area contributed by atoms with Gasteiger partial charge in [0.15, 0.2) is 0 Å². The summed E-state index contributed by atoms with van der Waals surface area (Å²) in [6, 6.07) is 0.725. The molecule has 1 N–H and O–H groups in total. The maximum Gasteiger partial charge on any atom is 0.0154 e. The van der Waals surface area contributed by atoms with Crippen molar-refractivity contribution in [2.45, 2.75) is 19.4 Å². The summed E-state index contributed by atoms with van der Waals surface area (Å²) < 4.78 is 0. The summed E-state index contributed by atoms with van der Waals surface area (Å²) in [7, 11) is 2.24. The van der Waals surface area contributed by atoms with Crippen molar-refractivity contribution in [1.82, 2.24) is 10.2 Å². The Kier molecular flexibility index (Phi) is 5.14. The van der Waals surface area contributed by atoms with Crippen molar-refractivity contribution in [3.63, 3.8) is 0 Å². The van der Waals surface area contributed by atoms with Crippen molar-refractivity contribution in [2.24, 2.45) is 5.92 Å². The third kappa shape index (κ3) is 3.88. The van der Waals surface area contributed by atoms with Crippen molar-refractivity contribution in [1.29, 1.82) is 0 Å². The van der Waals surface area contributed by atoms with Crippen molar-refractivity contribution in [3.05, 3.63) is 0 Å². The Balaban J connectivity index is 2.04. The van der Waals surface area contributed by atoms with Gasteiger partial charge in [0.1, 0.15) is 0 Å². The van der Waals surface area contributed by atoms with Crippen molar-refractivity contribution in [3.8, 4) is 0 Å². The molecule has 1 saturated heterocycles. The van der Waals surface area contributed by atoms with Gasteiger partial charge in [-0.1, -0.05) is 0 Å². The first-order valence-corrected chi connectivity index (χ1v) is 6.53. The van der Waals surface area contributed by atoms with E-state index in [0.29, 0.717) is 0 Å². The smallest absolute Gasteiger partial charge is 0.0154 e. The number of nitrogens with zero attached hydrogens (tertiary/aromatic N) is 1. The van der Waals surface area contributed by atoms with Gasteiger partial charge in [-0.25, -0.2) is 0 Å². The van der Waals surface area contributed by atoms with Crippen LogP contribution in [0.5, 0.6) is 0 Å². The van der Waals surface area contributed by atoms with E-state index in [1.54, 1.807) is 0 Å². The molecule has 0 bridgehead atoms. The Labute approximate surface area is 86.5 Å². The van der Waals surface area contributed by atoms with Gasteiger partial charge in [-0.3, -0.25) is 0 Å². The molecule has 0 amide bonds. The van der Waals surface area contributed by atoms with Crippen LogP contribution in [0.2, 0.25) is 0 Å². The van der Waals surface area contributed by atoms with Gasteiger partial charge in [0.05, 0.1) is 0 Å². The van der Waals surface area contributed by atoms with Crippen LogP contribution in [-0.4, -0.2) is 49.6 Å². The fourth-order valence-electron chi connectivity index (χ4n) is 1.53. The van der Waals surface area contributed by atoms with Crippen LogP contribution in [0.3, 0.4) is 0 Å². The van der Waals surface area contributed by atoms with E-state index < -0.39 is 0 Å². The first kappa shape index (κ1) is 11.3. The van der Waals surface area contributed by atoms with Crippen LogP contribution >= 0.6 is 11.8 Å². The Bertz CT molecular complexity index is 137. The van der Waals surface area contributed by atoms with Crippen LogP contribution in [-0.2, 0) is 0 Å². The van der Waals surface area contributed by atoms with Crippen LogP contribution in [0.25, 0.3) is 0 Å². The van der Waals surface area contributed by atoms with Crippen LogP contribution in [0.15, 0.2) is 0 Å². The maximum absolute atomic E-state index is 3.32. The third-order valence-corrected chi connectivity index (χ3v) is 3.73. The SMILES string of the molecule is CSCC(C)N(C)CCC1CNC1. The molecular formula is C10H22N2S. The predicted molar refractivity (Wildman–Crippen MR) is 61.5 cm³/mol. The second-order valence-corrected chi connectivity index (χ2v) is 5.01. The molecule has 1 aliphatic heterocycles. The summed E-state index contributed by atoms with van der Waals surface area (Å²) in [5.41, 5.74) is 0. The molecule has 1 rings (SSSR count). The van der Waals surface area contributed by atoms with Crippen LogP contribution in [0.4, 0.5) is 0 Å². The molecule has 0 saturated carbocycles. The largest absolute Gasteiger partial charge is 0.316 e. The normalized spacial score (nSPS) is 20.3. The fraction of sp³-hybridized carbons (Fsp3) is 1.00. The molecular weight excluding hydrogens is 180 g/mol. The van der Waals surface area contributed by atoms with Gasteiger partial charge < -0.3 is 10.2 Å². The van der Waals surface area contributed by atoms with Crippen molar-refractivity contribution in [2.75, 3.05) is 38.7 Å². The van der Waals surface area contributed by atoms with E-state index in [1.807, 2.05) is 11.8 Å². The molecule has 1 heterocycles. The third-order valence-electron chi connectivity index (χ3n) is 2.92. The minimum Gasteiger partial charge on any atom is -0.316 e. The molecule has 1 fully saturated rings. The fourth-order valence-corrected chi connectivity index (χ4v) is 2.26. The molecule has 0 aromatic heterocycles. The van der Waals surface area contributed by atoms with Gasteiger partial charge in [0.25, 0.3) is 0 Å². The number of thioether (sulfide) groups is 1. The molecule has 2 nitrogen and oxygen atoms in total. The minimum absolute atomic E-state index is 0.725. The number of nitrogens with one attached hydrogen (secondary N) is 1. The van der Waals surface area contributed by atoms with Crippen LogP contribution < -0.4 is 5.32 Å². The minimum atomic E-state index is 0.725. The van der Waals surface area contributed by atoms with E-state index in [0.717, 1.165) is 12.0 Å². The predicted octanol–water partition coefficient (Wildman–Crippen LogP) is 1.28. The summed E-state index contributed by atoms with van der Waals surface area (Å²) in [6.07, 6.45) is 3.54. The summed E-state index contributed by atoms with van der Waals surface area (Å²) in [5.74, 6) is 2.20. The Morgan fingerprint density at radius 3 is 2.69 bits per heavy atom. The van der Waals surface area contributed by atoms with E-state index >= 15 is 0 Å². The average Bonchev–Trinajstić information content (AvgIpc) is 2.01. The lowest BCUT2D eigenvalue weighted by Gasteiger charge is -2.31. The summed E-state index contributed by atoms with van der Waals surface area (Å²) in [6.45, 7) is 6.05. The molecule has 0 aliphatic carbocycles. The molecule has 0 spiro atoms. The molecule has 0 radical (unpaired) electrons. The van der Waals surface area contributed by atoms with Gasteiger partial charge in [-0.15, -0.1) is 0 Å².